The summed E-state index contributed by atoms with van der Waals surface area (Å²) in [6, 6.07) is 7.87. The topological polar surface area (TPSA) is 71.4 Å². The minimum absolute atomic E-state index is 0.206. The Hall–Kier alpha value is -2.48. The number of carboxylic acid groups (broad SMARTS) is 1. The molecule has 0 fully saturated rings. The largest absolute Gasteiger partial charge is 0.478 e. The molecule has 2 rings (SSSR count). The third-order valence-corrected chi connectivity index (χ3v) is 4.13. The Morgan fingerprint density at radius 1 is 1.17 bits per heavy atom. The summed E-state index contributed by atoms with van der Waals surface area (Å²) < 4.78 is 50.1. The molecule has 1 N–H and O–H groups in total. The lowest BCUT2D eigenvalue weighted by atomic mass is 9.85. The first-order valence-corrected chi connectivity index (χ1v) is 7.47. The molecule has 0 heterocycles. The van der Waals surface area contributed by atoms with E-state index >= 15 is 0 Å². The molecule has 1 atom stereocenters. The molecule has 1 aliphatic rings. The molecule has 0 saturated carbocycles. The van der Waals surface area contributed by atoms with E-state index in [9.17, 15) is 27.0 Å². The summed E-state index contributed by atoms with van der Waals surface area (Å²) in [6.07, 6.45) is -4.04. The Labute approximate surface area is 138 Å². The maximum absolute atomic E-state index is 13.0. The highest BCUT2D eigenvalue weighted by molar-refractivity contribution is 7.67. The predicted molar refractivity (Wildman–Crippen MR) is 81.9 cm³/mol. The highest BCUT2D eigenvalue weighted by atomic mass is 32.1. The van der Waals surface area contributed by atoms with Crippen LogP contribution in [0.1, 0.15) is 16.8 Å². The number of hydrogen-bond donors (Lipinski definition) is 1. The molecule has 1 aliphatic carbocycles. The summed E-state index contributed by atoms with van der Waals surface area (Å²) in [5.74, 6) is -3.34. The number of carbonyl (C=O) groups excluding carboxylic acids is 1. The zero-order valence-electron chi connectivity index (χ0n) is 12.0. The van der Waals surface area contributed by atoms with Gasteiger partial charge < -0.3 is 5.11 Å². The second-order valence-corrected chi connectivity index (χ2v) is 5.64. The fraction of sp³-hybridized carbons (Fsp3) is 0.188. The predicted octanol–water partition coefficient (Wildman–Crippen LogP) is 2.77. The van der Waals surface area contributed by atoms with Crippen LogP contribution in [-0.4, -0.2) is 32.1 Å². The van der Waals surface area contributed by atoms with E-state index in [1.165, 1.54) is 12.1 Å². The molecule has 0 amide bonds. The lowest BCUT2D eigenvalue weighted by Crippen LogP contribution is -2.28. The van der Waals surface area contributed by atoms with E-state index in [1.54, 1.807) is 18.2 Å². The maximum Gasteiger partial charge on any atom is 0.416 e. The lowest BCUT2D eigenvalue weighted by Gasteiger charge is -2.21. The fourth-order valence-corrected chi connectivity index (χ4v) is 2.82. The zero-order valence-corrected chi connectivity index (χ0v) is 12.9. The van der Waals surface area contributed by atoms with E-state index < -0.39 is 41.4 Å². The van der Waals surface area contributed by atoms with Crippen molar-refractivity contribution in [3.05, 3.63) is 59.2 Å². The number of benzene rings is 1. The number of rotatable bonds is 4. The molecule has 0 saturated heterocycles. The van der Waals surface area contributed by atoms with E-state index in [2.05, 4.69) is 0 Å². The van der Waals surface area contributed by atoms with Crippen molar-refractivity contribution in [2.24, 2.45) is 5.92 Å². The van der Waals surface area contributed by atoms with Gasteiger partial charge in [-0.1, -0.05) is 36.4 Å². The smallest absolute Gasteiger partial charge is 0.416 e. The fourth-order valence-electron chi connectivity index (χ4n) is 2.31. The van der Waals surface area contributed by atoms with Gasteiger partial charge >= 0.3 is 12.1 Å². The van der Waals surface area contributed by atoms with Crippen molar-refractivity contribution in [3.63, 3.8) is 0 Å². The zero-order chi connectivity index (χ0) is 17.9. The number of allylic oxidation sites excluding steroid dienone is 3. The van der Waals surface area contributed by atoms with Crippen LogP contribution in [0.5, 0.6) is 0 Å². The van der Waals surface area contributed by atoms with Crippen LogP contribution in [0.3, 0.4) is 0 Å². The Morgan fingerprint density at radius 3 is 2.29 bits per heavy atom. The van der Waals surface area contributed by atoms with Gasteiger partial charge in [-0.15, -0.1) is 0 Å². The highest BCUT2D eigenvalue weighted by Crippen LogP contribution is 2.34. The van der Waals surface area contributed by atoms with Crippen LogP contribution < -0.4 is 0 Å². The Morgan fingerprint density at radius 2 is 1.79 bits per heavy atom. The van der Waals surface area contributed by atoms with Crippen molar-refractivity contribution in [1.82, 2.24) is 0 Å². The first-order valence-electron chi connectivity index (χ1n) is 6.73. The van der Waals surface area contributed by atoms with Gasteiger partial charge in [0, 0.05) is 17.9 Å². The Bertz CT molecular complexity index is 787. The van der Waals surface area contributed by atoms with Crippen molar-refractivity contribution in [2.75, 3.05) is 0 Å². The van der Waals surface area contributed by atoms with Gasteiger partial charge in [0.25, 0.3) is 0 Å². The number of aliphatic carboxylic acids is 1. The molecule has 0 aromatic heterocycles. The number of alkyl halides is 3. The minimum atomic E-state index is -4.77. The summed E-state index contributed by atoms with van der Waals surface area (Å²) in [7, 11) is 0. The third kappa shape index (κ3) is 3.88. The van der Waals surface area contributed by atoms with Crippen LogP contribution in [-0.2, 0) is 16.1 Å². The van der Waals surface area contributed by atoms with Gasteiger partial charge in [0.1, 0.15) is 0 Å². The van der Waals surface area contributed by atoms with E-state index in [0.717, 1.165) is 6.08 Å². The van der Waals surface area contributed by atoms with Crippen LogP contribution in [0.15, 0.2) is 53.6 Å². The van der Waals surface area contributed by atoms with Crippen LogP contribution in [0, 0.1) is 5.92 Å². The summed E-state index contributed by atoms with van der Waals surface area (Å²) >= 11 is -0.206. The molecule has 8 heteroatoms. The molecular formula is C16H11F3O4S. The molecule has 24 heavy (non-hydrogen) atoms. The molecular weight excluding hydrogens is 345 g/mol. The number of halogens is 3. The monoisotopic (exact) mass is 356 g/mol. The van der Waals surface area contributed by atoms with Gasteiger partial charge in [0.05, 0.1) is 27.3 Å². The molecule has 126 valence electrons. The quantitative estimate of drug-likeness (QED) is 0.665. The molecule has 1 aromatic rings. The van der Waals surface area contributed by atoms with Gasteiger partial charge in [-0.3, -0.25) is 4.79 Å². The van der Waals surface area contributed by atoms with Gasteiger partial charge in [-0.25, -0.2) is 9.00 Å². The molecule has 1 aromatic carbocycles. The van der Waals surface area contributed by atoms with Crippen LogP contribution in [0.25, 0.3) is 0 Å². The number of carbonyl (C=O) groups is 2. The summed E-state index contributed by atoms with van der Waals surface area (Å²) in [5.41, 5.74) is -1.62. The van der Waals surface area contributed by atoms with Crippen LogP contribution in [0.4, 0.5) is 13.2 Å². The molecule has 1 unspecified atom stereocenters. The Kier molecular flexibility index (Phi) is 5.18. The first kappa shape index (κ1) is 17.9. The summed E-state index contributed by atoms with van der Waals surface area (Å²) in [6.45, 7) is 0. The molecule has 0 bridgehead atoms. The second-order valence-electron chi connectivity index (χ2n) is 5.03. The molecule has 0 spiro atoms. The van der Waals surface area contributed by atoms with Crippen molar-refractivity contribution >= 4 is 27.9 Å². The highest BCUT2D eigenvalue weighted by Gasteiger charge is 2.39. The summed E-state index contributed by atoms with van der Waals surface area (Å²) in [4.78, 5) is 23.1. The van der Waals surface area contributed by atoms with Gasteiger partial charge in [0.2, 0.25) is 0 Å². The average Bonchev–Trinajstić information content (AvgIpc) is 2.53. The van der Waals surface area contributed by atoms with E-state index in [-0.39, 0.29) is 21.7 Å². The Balaban J connectivity index is 2.41. The van der Waals surface area contributed by atoms with E-state index in [0.29, 0.717) is 6.08 Å². The first-order chi connectivity index (χ1) is 11.2. The van der Waals surface area contributed by atoms with Crippen molar-refractivity contribution in [1.29, 1.82) is 0 Å². The summed E-state index contributed by atoms with van der Waals surface area (Å²) in [5, 5.41) is 9.07. The lowest BCUT2D eigenvalue weighted by molar-refractivity contribution is -0.132. The van der Waals surface area contributed by atoms with Crippen molar-refractivity contribution in [3.8, 4) is 0 Å². The van der Waals surface area contributed by atoms with E-state index in [4.69, 9.17) is 5.11 Å². The standard InChI is InChI=1S/C16H11F3O4S/c17-16(18,19)11-6-10(14(24-23)12(8-11)15(21)22)7-13(20)9-4-2-1-3-5-9/h1-6,8,10H,7H2,(H,21,22). The van der Waals surface area contributed by atoms with Gasteiger partial charge in [0.15, 0.2) is 5.78 Å². The van der Waals surface area contributed by atoms with Crippen LogP contribution in [0.2, 0.25) is 0 Å². The molecule has 0 aliphatic heterocycles. The number of Topliss-reactive ketones (excluding diaryl/α,β-unsaturated/α-hetero) is 1. The number of carboxylic acids is 1. The van der Waals surface area contributed by atoms with Crippen LogP contribution >= 0.6 is 0 Å². The number of ketones is 1. The average molecular weight is 356 g/mol. The minimum Gasteiger partial charge on any atom is -0.478 e. The van der Waals surface area contributed by atoms with Gasteiger partial charge in [-0.05, 0) is 6.08 Å². The third-order valence-electron chi connectivity index (χ3n) is 3.43. The molecule has 0 radical (unpaired) electrons. The van der Waals surface area contributed by atoms with Crippen molar-refractivity contribution < 1.29 is 32.1 Å². The van der Waals surface area contributed by atoms with Gasteiger partial charge in [-0.2, -0.15) is 13.2 Å². The normalized spacial score (nSPS) is 17.8. The maximum atomic E-state index is 13.0. The number of hydrogen-bond acceptors (Lipinski definition) is 3. The molecule has 4 nitrogen and oxygen atoms in total. The van der Waals surface area contributed by atoms with E-state index in [1.807, 2.05) is 0 Å². The SMILES string of the molecule is O=S=C1C(C(=O)O)=CC(C(F)(F)F)=CC1CC(=O)c1ccccc1. The second kappa shape index (κ2) is 6.96. The van der Waals surface area contributed by atoms with Crippen molar-refractivity contribution in [2.45, 2.75) is 12.6 Å².